The van der Waals surface area contributed by atoms with Crippen LogP contribution in [-0.4, -0.2) is 29.9 Å². The summed E-state index contributed by atoms with van der Waals surface area (Å²) in [5.74, 6) is -0.828. The molecule has 1 saturated carbocycles. The van der Waals surface area contributed by atoms with Crippen molar-refractivity contribution in [2.75, 3.05) is 6.54 Å². The number of rotatable bonds is 5. The highest BCUT2D eigenvalue weighted by molar-refractivity contribution is 6.08. The van der Waals surface area contributed by atoms with Gasteiger partial charge in [-0.2, -0.15) is 13.2 Å². The zero-order chi connectivity index (χ0) is 23.1. The van der Waals surface area contributed by atoms with Gasteiger partial charge in [-0.15, -0.1) is 0 Å². The third kappa shape index (κ3) is 3.83. The maximum atomic E-state index is 13.0. The minimum Gasteiger partial charge on any atom is -0.349 e. The van der Waals surface area contributed by atoms with Crippen molar-refractivity contribution in [2.45, 2.75) is 31.5 Å². The van der Waals surface area contributed by atoms with Crippen LogP contribution in [0.5, 0.6) is 0 Å². The molecule has 0 radical (unpaired) electrons. The van der Waals surface area contributed by atoms with Crippen LogP contribution in [0.15, 0.2) is 48.5 Å². The number of nitrogens with one attached hydrogen (secondary N) is 3. The van der Waals surface area contributed by atoms with Crippen LogP contribution in [0.4, 0.5) is 18.0 Å². The molecular formula is C23H22F3N3O3. The van der Waals surface area contributed by atoms with Crippen LogP contribution in [0.2, 0.25) is 0 Å². The van der Waals surface area contributed by atoms with Gasteiger partial charge in [0.05, 0.1) is 12.1 Å². The maximum Gasteiger partial charge on any atom is 0.416 e. The van der Waals surface area contributed by atoms with Crippen LogP contribution in [0, 0.1) is 11.8 Å². The van der Waals surface area contributed by atoms with Crippen molar-refractivity contribution in [3.8, 4) is 11.1 Å². The molecule has 3 unspecified atom stereocenters. The fourth-order valence-corrected chi connectivity index (χ4v) is 4.51. The van der Waals surface area contributed by atoms with E-state index < -0.39 is 35.1 Å². The summed E-state index contributed by atoms with van der Waals surface area (Å²) in [6.45, 7) is 1.91. The van der Waals surface area contributed by atoms with E-state index >= 15 is 0 Å². The molecule has 6 nitrogen and oxygen atoms in total. The van der Waals surface area contributed by atoms with Gasteiger partial charge >= 0.3 is 12.2 Å². The van der Waals surface area contributed by atoms with Crippen LogP contribution in [0.1, 0.15) is 35.7 Å². The summed E-state index contributed by atoms with van der Waals surface area (Å²) in [5, 5.41) is 7.72. The molecule has 4 rings (SSSR count). The van der Waals surface area contributed by atoms with Crippen LogP contribution < -0.4 is 16.0 Å². The monoisotopic (exact) mass is 445 g/mol. The third-order valence-electron chi connectivity index (χ3n) is 6.44. The number of carbonyl (C=O) groups is 3. The average molecular weight is 445 g/mol. The second-order valence-corrected chi connectivity index (χ2v) is 8.34. The molecule has 1 heterocycles. The van der Waals surface area contributed by atoms with Crippen LogP contribution in [-0.2, 0) is 11.0 Å². The number of alkyl halides is 3. The molecule has 3 atom stereocenters. The molecule has 1 aliphatic heterocycles. The number of halogens is 3. The lowest BCUT2D eigenvalue weighted by molar-refractivity contribution is -0.137. The molecule has 2 fully saturated rings. The number of hydrogen-bond donors (Lipinski definition) is 3. The Morgan fingerprint density at radius 1 is 1.09 bits per heavy atom. The lowest BCUT2D eigenvalue weighted by atomic mass is 9.64. The normalized spacial score (nSPS) is 25.0. The third-order valence-corrected chi connectivity index (χ3v) is 6.44. The summed E-state index contributed by atoms with van der Waals surface area (Å²) in [4.78, 5) is 37.5. The highest BCUT2D eigenvalue weighted by atomic mass is 19.4. The van der Waals surface area contributed by atoms with Crippen molar-refractivity contribution >= 4 is 17.8 Å². The van der Waals surface area contributed by atoms with Gasteiger partial charge in [-0.25, -0.2) is 4.79 Å². The van der Waals surface area contributed by atoms with Crippen LogP contribution in [0.25, 0.3) is 11.1 Å². The van der Waals surface area contributed by atoms with Crippen molar-refractivity contribution in [1.29, 1.82) is 0 Å². The van der Waals surface area contributed by atoms with Gasteiger partial charge in [0, 0.05) is 5.56 Å². The zero-order valence-electron chi connectivity index (χ0n) is 17.3. The molecule has 1 aliphatic carbocycles. The van der Waals surface area contributed by atoms with Crippen LogP contribution >= 0.6 is 0 Å². The summed E-state index contributed by atoms with van der Waals surface area (Å²) < 4.78 is 38.6. The molecule has 1 saturated heterocycles. The number of carbonyl (C=O) groups excluding carboxylic acids is 3. The molecule has 3 N–H and O–H groups in total. The smallest absolute Gasteiger partial charge is 0.349 e. The molecule has 0 aromatic heterocycles. The Kier molecular flexibility index (Phi) is 5.44. The Balaban J connectivity index is 1.57. The molecular weight excluding hydrogens is 423 g/mol. The van der Waals surface area contributed by atoms with Gasteiger partial charge in [-0.05, 0) is 54.0 Å². The molecule has 9 heteroatoms. The fourth-order valence-electron chi connectivity index (χ4n) is 4.51. The Hall–Kier alpha value is -3.36. The minimum absolute atomic E-state index is 0.0836. The van der Waals surface area contributed by atoms with Crippen molar-refractivity contribution < 1.29 is 27.6 Å². The van der Waals surface area contributed by atoms with E-state index in [-0.39, 0.29) is 23.9 Å². The van der Waals surface area contributed by atoms with E-state index in [1.54, 1.807) is 24.3 Å². The first-order valence-electron chi connectivity index (χ1n) is 10.3. The number of urea groups is 1. The second-order valence-electron chi connectivity index (χ2n) is 8.34. The predicted octanol–water partition coefficient (Wildman–Crippen LogP) is 3.73. The summed E-state index contributed by atoms with van der Waals surface area (Å²) in [5.41, 5.74) is -0.813. The number of hydrogen-bond acceptors (Lipinski definition) is 3. The van der Waals surface area contributed by atoms with E-state index in [2.05, 4.69) is 16.0 Å². The van der Waals surface area contributed by atoms with E-state index in [0.29, 0.717) is 11.1 Å². The molecule has 2 aliphatic rings. The number of benzene rings is 2. The van der Waals surface area contributed by atoms with E-state index in [9.17, 15) is 27.6 Å². The first-order valence-corrected chi connectivity index (χ1v) is 10.3. The lowest BCUT2D eigenvalue weighted by Gasteiger charge is -2.45. The van der Waals surface area contributed by atoms with Gasteiger partial charge in [0.1, 0.15) is 5.54 Å². The van der Waals surface area contributed by atoms with E-state index in [0.717, 1.165) is 25.0 Å². The molecule has 0 spiro atoms. The highest BCUT2D eigenvalue weighted by Gasteiger charge is 2.56. The van der Waals surface area contributed by atoms with Crippen molar-refractivity contribution in [3.05, 3.63) is 59.7 Å². The zero-order valence-corrected chi connectivity index (χ0v) is 17.3. The quantitative estimate of drug-likeness (QED) is 0.613. The minimum atomic E-state index is -4.45. The van der Waals surface area contributed by atoms with Gasteiger partial charge in [0.2, 0.25) is 0 Å². The van der Waals surface area contributed by atoms with E-state index in [4.69, 9.17) is 0 Å². The van der Waals surface area contributed by atoms with Gasteiger partial charge in [0.25, 0.3) is 11.8 Å². The Labute approximate surface area is 182 Å². The summed E-state index contributed by atoms with van der Waals surface area (Å²) in [6.07, 6.45) is -2.76. The van der Waals surface area contributed by atoms with Gasteiger partial charge in [-0.3, -0.25) is 14.9 Å². The van der Waals surface area contributed by atoms with Gasteiger partial charge in [-0.1, -0.05) is 37.3 Å². The van der Waals surface area contributed by atoms with Gasteiger partial charge < -0.3 is 10.6 Å². The molecule has 32 heavy (non-hydrogen) atoms. The first kappa shape index (κ1) is 21.9. The molecule has 0 bridgehead atoms. The summed E-state index contributed by atoms with van der Waals surface area (Å²) in [7, 11) is 0. The van der Waals surface area contributed by atoms with Crippen molar-refractivity contribution in [3.63, 3.8) is 0 Å². The summed E-state index contributed by atoms with van der Waals surface area (Å²) in [6, 6.07) is 10.5. The number of amides is 4. The Morgan fingerprint density at radius 3 is 2.31 bits per heavy atom. The molecule has 2 aromatic rings. The predicted molar refractivity (Wildman–Crippen MR) is 111 cm³/mol. The van der Waals surface area contributed by atoms with E-state index in [1.165, 1.54) is 12.1 Å². The Morgan fingerprint density at radius 2 is 1.78 bits per heavy atom. The first-order chi connectivity index (χ1) is 15.1. The molecule has 2 aromatic carbocycles. The maximum absolute atomic E-state index is 13.0. The van der Waals surface area contributed by atoms with Gasteiger partial charge in [0.15, 0.2) is 0 Å². The second kappa shape index (κ2) is 7.96. The number of imide groups is 1. The standard InChI is InChI=1S/C23H22F3N3O3/c1-13-6-11-18(13)22(20(31)28-21(32)29-22)12-27-19(30)17-5-3-2-4-16(17)14-7-9-15(10-8-14)23(24,25)26/h2-5,7-10,13,18H,6,11-12H2,1H3,(H,27,30)(H2,28,29,31,32). The van der Waals surface area contributed by atoms with E-state index in [1.807, 2.05) is 6.92 Å². The molecule has 4 amide bonds. The molecule has 168 valence electrons. The highest BCUT2D eigenvalue weighted by Crippen LogP contribution is 2.42. The SMILES string of the molecule is CC1CCC1C1(CNC(=O)c2ccccc2-c2ccc(C(F)(F)F)cc2)NC(=O)NC1=O. The van der Waals surface area contributed by atoms with Crippen molar-refractivity contribution in [1.82, 2.24) is 16.0 Å². The topological polar surface area (TPSA) is 87.3 Å². The lowest BCUT2D eigenvalue weighted by Crippen LogP contribution is -2.63. The Bertz CT molecular complexity index is 1070. The van der Waals surface area contributed by atoms with Crippen LogP contribution in [0.3, 0.4) is 0 Å². The fraction of sp³-hybridized carbons (Fsp3) is 0.348. The van der Waals surface area contributed by atoms with Crippen molar-refractivity contribution in [2.24, 2.45) is 11.8 Å². The largest absolute Gasteiger partial charge is 0.416 e. The average Bonchev–Trinajstić information content (AvgIpc) is 3.03. The summed E-state index contributed by atoms with van der Waals surface area (Å²) >= 11 is 0.